The fourth-order valence-electron chi connectivity index (χ4n) is 3.03. The zero-order valence-corrected chi connectivity index (χ0v) is 16.0. The number of hydrogen-bond donors (Lipinski definition) is 1. The van der Waals surface area contributed by atoms with E-state index in [0.717, 1.165) is 12.1 Å². The van der Waals surface area contributed by atoms with Crippen LogP contribution in [0.4, 0.5) is 23.4 Å². The van der Waals surface area contributed by atoms with E-state index in [1.165, 1.54) is 12.5 Å². The Labute approximate surface area is 171 Å². The van der Waals surface area contributed by atoms with Gasteiger partial charge in [-0.1, -0.05) is 30.3 Å². The third-order valence-corrected chi connectivity index (χ3v) is 5.51. The third-order valence-electron chi connectivity index (χ3n) is 4.43. The zero-order valence-electron chi connectivity index (χ0n) is 15.2. The number of alkyl halides is 3. The van der Waals surface area contributed by atoms with E-state index in [9.17, 15) is 21.8 Å². The average molecular weight is 431 g/mol. The van der Waals surface area contributed by atoms with Crippen LogP contribution in [0, 0.1) is 5.82 Å². The van der Waals surface area contributed by atoms with Crippen molar-refractivity contribution in [2.24, 2.45) is 0 Å². The van der Waals surface area contributed by atoms with Crippen molar-refractivity contribution in [3.63, 3.8) is 0 Å². The standard InChI is InChI=1S/C21H13F4N3OS/c22-19-11-14(21(23,24)25)4-6-18(19)17-3-1-2-13-10-15(5-7-16(13)17)30(29)28-20-8-9-26-12-27-20/h1-12H,(H,26,27,28). The molecule has 0 aliphatic rings. The minimum absolute atomic E-state index is 0.0570. The number of nitrogens with zero attached hydrogens (tertiary/aromatic N) is 2. The molecule has 4 aromatic rings. The molecule has 0 aliphatic carbocycles. The molecule has 0 radical (unpaired) electrons. The van der Waals surface area contributed by atoms with Gasteiger partial charge in [0.25, 0.3) is 0 Å². The van der Waals surface area contributed by atoms with Crippen LogP contribution in [-0.4, -0.2) is 14.2 Å². The monoisotopic (exact) mass is 431 g/mol. The average Bonchev–Trinajstić information content (AvgIpc) is 2.73. The summed E-state index contributed by atoms with van der Waals surface area (Å²) < 4.78 is 68.3. The summed E-state index contributed by atoms with van der Waals surface area (Å²) >= 11 is 0. The van der Waals surface area contributed by atoms with Gasteiger partial charge in [-0.25, -0.2) is 18.6 Å². The van der Waals surface area contributed by atoms with Crippen LogP contribution in [0.15, 0.2) is 78.1 Å². The highest BCUT2D eigenvalue weighted by Crippen LogP contribution is 2.35. The highest BCUT2D eigenvalue weighted by atomic mass is 32.2. The van der Waals surface area contributed by atoms with E-state index in [1.54, 1.807) is 42.5 Å². The van der Waals surface area contributed by atoms with E-state index < -0.39 is 28.5 Å². The highest BCUT2D eigenvalue weighted by molar-refractivity contribution is 7.86. The highest BCUT2D eigenvalue weighted by Gasteiger charge is 2.31. The van der Waals surface area contributed by atoms with E-state index >= 15 is 0 Å². The maximum absolute atomic E-state index is 14.5. The minimum atomic E-state index is -4.62. The molecular weight excluding hydrogens is 418 g/mol. The van der Waals surface area contributed by atoms with E-state index in [2.05, 4.69) is 14.7 Å². The Bertz CT molecular complexity index is 1250. The Hall–Kier alpha value is -3.33. The quantitative estimate of drug-likeness (QED) is 0.429. The van der Waals surface area contributed by atoms with Gasteiger partial charge in [-0.3, -0.25) is 4.72 Å². The van der Waals surface area contributed by atoms with Crippen LogP contribution in [0.5, 0.6) is 0 Å². The maximum atomic E-state index is 14.5. The van der Waals surface area contributed by atoms with Gasteiger partial charge in [0.1, 0.15) is 18.0 Å². The lowest BCUT2D eigenvalue weighted by Gasteiger charge is -2.12. The molecule has 4 nitrogen and oxygen atoms in total. The summed E-state index contributed by atoms with van der Waals surface area (Å²) in [6, 6.07) is 14.0. The number of halogens is 4. The molecule has 4 rings (SSSR count). The van der Waals surface area contributed by atoms with Crippen LogP contribution in [0.2, 0.25) is 0 Å². The number of rotatable bonds is 4. The summed E-state index contributed by atoms with van der Waals surface area (Å²) in [5.41, 5.74) is -0.543. The van der Waals surface area contributed by atoms with Gasteiger partial charge in [0.05, 0.1) is 10.5 Å². The van der Waals surface area contributed by atoms with Gasteiger partial charge in [0, 0.05) is 11.8 Å². The number of aromatic nitrogens is 2. The Kier molecular flexibility index (Phi) is 5.21. The van der Waals surface area contributed by atoms with Crippen molar-refractivity contribution in [2.75, 3.05) is 4.72 Å². The smallest absolute Gasteiger partial charge is 0.285 e. The number of benzene rings is 3. The molecule has 1 N–H and O–H groups in total. The fourth-order valence-corrected chi connectivity index (χ4v) is 3.88. The first kappa shape index (κ1) is 20.0. The van der Waals surface area contributed by atoms with Crippen molar-refractivity contribution in [3.8, 4) is 11.1 Å². The van der Waals surface area contributed by atoms with E-state index in [-0.39, 0.29) is 5.56 Å². The molecule has 0 saturated heterocycles. The van der Waals surface area contributed by atoms with E-state index in [0.29, 0.717) is 33.1 Å². The second-order valence-corrected chi connectivity index (χ2v) is 7.56. The lowest BCUT2D eigenvalue weighted by atomic mass is 9.97. The topological polar surface area (TPSA) is 54.9 Å². The molecule has 0 aliphatic heterocycles. The molecule has 3 aromatic carbocycles. The molecule has 30 heavy (non-hydrogen) atoms. The van der Waals surface area contributed by atoms with Crippen LogP contribution >= 0.6 is 0 Å². The number of hydrogen-bond acceptors (Lipinski definition) is 3. The van der Waals surface area contributed by atoms with Gasteiger partial charge < -0.3 is 0 Å². The van der Waals surface area contributed by atoms with Crippen molar-refractivity contribution in [1.82, 2.24) is 9.97 Å². The second-order valence-electron chi connectivity index (χ2n) is 6.35. The zero-order chi connectivity index (χ0) is 21.3. The normalized spacial score (nSPS) is 12.7. The van der Waals surface area contributed by atoms with Gasteiger partial charge in [0.15, 0.2) is 11.0 Å². The predicted octanol–water partition coefficient (Wildman–Crippen LogP) is 5.59. The summed E-state index contributed by atoms with van der Waals surface area (Å²) in [6.45, 7) is 0. The molecule has 1 aromatic heterocycles. The van der Waals surface area contributed by atoms with E-state index in [1.807, 2.05) is 0 Å². The lowest BCUT2D eigenvalue weighted by molar-refractivity contribution is -0.137. The van der Waals surface area contributed by atoms with Gasteiger partial charge in [0.2, 0.25) is 0 Å². The van der Waals surface area contributed by atoms with Gasteiger partial charge in [-0.15, -0.1) is 0 Å². The van der Waals surface area contributed by atoms with Crippen molar-refractivity contribution >= 4 is 27.6 Å². The Balaban J connectivity index is 1.71. The molecule has 0 fully saturated rings. The van der Waals surface area contributed by atoms with Crippen LogP contribution in [0.25, 0.3) is 21.9 Å². The van der Waals surface area contributed by atoms with Crippen molar-refractivity contribution in [3.05, 3.63) is 84.6 Å². The molecule has 0 saturated carbocycles. The molecule has 1 heterocycles. The third kappa shape index (κ3) is 4.02. The summed E-state index contributed by atoms with van der Waals surface area (Å²) in [4.78, 5) is 8.21. The molecule has 0 bridgehead atoms. The summed E-state index contributed by atoms with van der Waals surface area (Å²) in [7, 11) is -1.60. The molecule has 9 heteroatoms. The van der Waals surface area contributed by atoms with Crippen LogP contribution < -0.4 is 4.72 Å². The Morgan fingerprint density at radius 2 is 1.77 bits per heavy atom. The molecule has 0 amide bonds. The fraction of sp³-hybridized carbons (Fsp3) is 0.0476. The summed E-state index contributed by atoms with van der Waals surface area (Å²) in [5.74, 6) is -0.570. The second kappa shape index (κ2) is 7.83. The van der Waals surface area contributed by atoms with Gasteiger partial charge in [-0.2, -0.15) is 13.2 Å². The van der Waals surface area contributed by atoms with Gasteiger partial charge in [-0.05, 0) is 46.7 Å². The first-order chi connectivity index (χ1) is 14.3. The van der Waals surface area contributed by atoms with Crippen LogP contribution in [0.3, 0.4) is 0 Å². The molecular formula is C21H13F4N3OS. The van der Waals surface area contributed by atoms with Crippen molar-refractivity contribution in [2.45, 2.75) is 11.1 Å². The molecule has 0 spiro atoms. The summed E-state index contributed by atoms with van der Waals surface area (Å²) in [5, 5.41) is 1.29. The lowest BCUT2D eigenvalue weighted by Crippen LogP contribution is -2.06. The van der Waals surface area contributed by atoms with Crippen molar-refractivity contribution in [1.29, 1.82) is 0 Å². The number of nitrogens with one attached hydrogen (secondary N) is 1. The Morgan fingerprint density at radius 3 is 2.47 bits per heavy atom. The molecule has 152 valence electrons. The minimum Gasteiger partial charge on any atom is -0.285 e. The Morgan fingerprint density at radius 1 is 0.933 bits per heavy atom. The van der Waals surface area contributed by atoms with Crippen LogP contribution in [-0.2, 0) is 17.2 Å². The maximum Gasteiger partial charge on any atom is 0.416 e. The van der Waals surface area contributed by atoms with Crippen LogP contribution in [0.1, 0.15) is 5.56 Å². The number of anilines is 1. The SMILES string of the molecule is O=S(Nc1ccncn1)c1ccc2c(-c3ccc(C(F)(F)F)cc3F)cccc2c1. The first-order valence-electron chi connectivity index (χ1n) is 8.67. The molecule has 1 unspecified atom stereocenters. The molecule has 1 atom stereocenters. The van der Waals surface area contributed by atoms with Gasteiger partial charge >= 0.3 is 6.18 Å². The van der Waals surface area contributed by atoms with E-state index in [4.69, 9.17) is 0 Å². The largest absolute Gasteiger partial charge is 0.416 e. The number of fused-ring (bicyclic) bond motifs is 1. The first-order valence-corrected chi connectivity index (χ1v) is 9.82. The van der Waals surface area contributed by atoms with Crippen molar-refractivity contribution < 1.29 is 21.8 Å². The summed E-state index contributed by atoms with van der Waals surface area (Å²) in [6.07, 6.45) is -1.78. The predicted molar refractivity (Wildman–Crippen MR) is 106 cm³/mol.